The summed E-state index contributed by atoms with van der Waals surface area (Å²) in [6.07, 6.45) is 0. The van der Waals surface area contributed by atoms with Crippen molar-refractivity contribution in [3.05, 3.63) is 71.9 Å². The summed E-state index contributed by atoms with van der Waals surface area (Å²) >= 11 is 5.38. The van der Waals surface area contributed by atoms with E-state index in [0.29, 0.717) is 6.54 Å². The van der Waals surface area contributed by atoms with Crippen LogP contribution in [0.4, 0.5) is 0 Å². The molecule has 0 fully saturated rings. The summed E-state index contributed by atoms with van der Waals surface area (Å²) in [6.45, 7) is 0.711. The zero-order chi connectivity index (χ0) is 13.1. The second-order valence-electron chi connectivity index (χ2n) is 4.43. The Kier molecular flexibility index (Phi) is 3.29. The molecule has 0 saturated heterocycles. The van der Waals surface area contributed by atoms with Crippen LogP contribution in [0.25, 0.3) is 10.9 Å². The molecule has 0 radical (unpaired) electrons. The average Bonchev–Trinajstić information content (AvgIpc) is 2.88. The van der Waals surface area contributed by atoms with Gasteiger partial charge in [-0.15, -0.1) is 0 Å². The molecule has 2 N–H and O–H groups in total. The number of rotatable bonds is 3. The molecule has 2 aromatic carbocycles. The van der Waals surface area contributed by atoms with Crippen LogP contribution in [-0.2, 0) is 6.54 Å². The van der Waals surface area contributed by atoms with E-state index in [-0.39, 0.29) is 0 Å². The Hall–Kier alpha value is -2.13. The Labute approximate surface area is 117 Å². The van der Waals surface area contributed by atoms with E-state index in [1.54, 1.807) is 0 Å². The Morgan fingerprint density at radius 1 is 1.00 bits per heavy atom. The van der Waals surface area contributed by atoms with Gasteiger partial charge in [-0.25, -0.2) is 0 Å². The fourth-order valence-corrected chi connectivity index (χ4v) is 2.30. The van der Waals surface area contributed by atoms with Gasteiger partial charge >= 0.3 is 0 Å². The summed E-state index contributed by atoms with van der Waals surface area (Å²) in [5.41, 5.74) is 3.35. The molecule has 3 heteroatoms. The Bertz CT molecular complexity index is 668. The molecular formula is C16H14N2S. The fourth-order valence-electron chi connectivity index (χ4n) is 2.10. The van der Waals surface area contributed by atoms with E-state index in [1.165, 1.54) is 5.39 Å². The van der Waals surface area contributed by atoms with Gasteiger partial charge in [0.1, 0.15) is 4.99 Å². The van der Waals surface area contributed by atoms with Gasteiger partial charge in [0, 0.05) is 16.8 Å². The third kappa shape index (κ3) is 2.66. The third-order valence-corrected chi connectivity index (χ3v) is 3.44. The lowest BCUT2D eigenvalue weighted by Gasteiger charge is -2.06. The average molecular weight is 266 g/mol. The molecule has 1 heterocycles. The van der Waals surface area contributed by atoms with Gasteiger partial charge in [-0.1, -0.05) is 60.7 Å². The first-order chi connectivity index (χ1) is 9.33. The van der Waals surface area contributed by atoms with Gasteiger partial charge in [-0.05, 0) is 17.5 Å². The second-order valence-corrected chi connectivity index (χ2v) is 4.84. The second kappa shape index (κ2) is 5.24. The van der Waals surface area contributed by atoms with Crippen LogP contribution in [0.3, 0.4) is 0 Å². The maximum Gasteiger partial charge on any atom is 0.106 e. The number of benzene rings is 2. The highest BCUT2D eigenvalue weighted by molar-refractivity contribution is 7.80. The standard InChI is InChI=1S/C16H14N2S/c19-16(12-6-2-1-3-7-12)17-11-14-10-13-8-4-5-9-15(13)18-14/h1-10,18H,11H2,(H,17,19). The van der Waals surface area contributed by atoms with Crippen molar-refractivity contribution in [2.45, 2.75) is 6.54 Å². The fraction of sp³-hybridized carbons (Fsp3) is 0.0625. The molecule has 0 aliphatic carbocycles. The van der Waals surface area contributed by atoms with Gasteiger partial charge in [0.2, 0.25) is 0 Å². The number of hydrogen-bond donors (Lipinski definition) is 2. The molecule has 94 valence electrons. The van der Waals surface area contributed by atoms with E-state index in [0.717, 1.165) is 21.8 Å². The van der Waals surface area contributed by atoms with E-state index < -0.39 is 0 Å². The molecule has 0 aliphatic heterocycles. The third-order valence-electron chi connectivity index (χ3n) is 3.06. The lowest BCUT2D eigenvalue weighted by molar-refractivity contribution is 0.899. The van der Waals surface area contributed by atoms with Crippen LogP contribution < -0.4 is 5.32 Å². The van der Waals surface area contributed by atoms with Crippen LogP contribution in [0.2, 0.25) is 0 Å². The minimum absolute atomic E-state index is 0.711. The SMILES string of the molecule is S=C(NCc1cc2ccccc2[nH]1)c1ccccc1. The Morgan fingerprint density at radius 3 is 2.53 bits per heavy atom. The van der Waals surface area contributed by atoms with Gasteiger partial charge in [0.05, 0.1) is 6.54 Å². The number of hydrogen-bond acceptors (Lipinski definition) is 1. The van der Waals surface area contributed by atoms with Gasteiger partial charge in [-0.3, -0.25) is 0 Å². The van der Waals surface area contributed by atoms with E-state index in [9.17, 15) is 0 Å². The van der Waals surface area contributed by atoms with Gasteiger partial charge < -0.3 is 10.3 Å². The molecule has 1 aromatic heterocycles. The summed E-state index contributed by atoms with van der Waals surface area (Å²) in [4.78, 5) is 4.16. The number of aromatic amines is 1. The van der Waals surface area contributed by atoms with Crippen LogP contribution in [0.5, 0.6) is 0 Å². The van der Waals surface area contributed by atoms with E-state index in [4.69, 9.17) is 12.2 Å². The zero-order valence-corrected chi connectivity index (χ0v) is 11.2. The summed E-state index contributed by atoms with van der Waals surface area (Å²) in [7, 11) is 0. The maximum absolute atomic E-state index is 5.38. The lowest BCUT2D eigenvalue weighted by atomic mass is 10.2. The monoisotopic (exact) mass is 266 g/mol. The number of para-hydroxylation sites is 1. The highest BCUT2D eigenvalue weighted by Crippen LogP contribution is 2.14. The highest BCUT2D eigenvalue weighted by atomic mass is 32.1. The Morgan fingerprint density at radius 2 is 1.74 bits per heavy atom. The van der Waals surface area contributed by atoms with Crippen molar-refractivity contribution in [1.29, 1.82) is 0 Å². The van der Waals surface area contributed by atoms with Crippen LogP contribution in [0.15, 0.2) is 60.7 Å². The summed E-state index contributed by atoms with van der Waals surface area (Å²) < 4.78 is 0. The largest absolute Gasteiger partial charge is 0.370 e. The molecule has 0 aliphatic rings. The zero-order valence-electron chi connectivity index (χ0n) is 10.4. The predicted molar refractivity (Wildman–Crippen MR) is 83.3 cm³/mol. The van der Waals surface area contributed by atoms with E-state index in [2.05, 4.69) is 28.5 Å². The molecule has 0 saturated carbocycles. The van der Waals surface area contributed by atoms with Crippen molar-refractivity contribution in [2.24, 2.45) is 0 Å². The maximum atomic E-state index is 5.38. The smallest absolute Gasteiger partial charge is 0.106 e. The van der Waals surface area contributed by atoms with Crippen molar-refractivity contribution >= 4 is 28.1 Å². The molecule has 0 unspecified atom stereocenters. The number of aromatic nitrogens is 1. The van der Waals surface area contributed by atoms with Crippen molar-refractivity contribution < 1.29 is 0 Å². The van der Waals surface area contributed by atoms with Gasteiger partial charge in [0.15, 0.2) is 0 Å². The van der Waals surface area contributed by atoms with Crippen molar-refractivity contribution in [2.75, 3.05) is 0 Å². The van der Waals surface area contributed by atoms with Crippen molar-refractivity contribution in [3.8, 4) is 0 Å². The first-order valence-electron chi connectivity index (χ1n) is 6.23. The highest BCUT2D eigenvalue weighted by Gasteiger charge is 2.02. The summed E-state index contributed by atoms with van der Waals surface area (Å²) in [5.74, 6) is 0. The minimum atomic E-state index is 0.711. The molecule has 2 nitrogen and oxygen atoms in total. The molecule has 3 rings (SSSR count). The summed E-state index contributed by atoms with van der Waals surface area (Å²) in [5, 5.41) is 4.50. The summed E-state index contributed by atoms with van der Waals surface area (Å²) in [6, 6.07) is 20.4. The topological polar surface area (TPSA) is 27.8 Å². The quantitative estimate of drug-likeness (QED) is 0.708. The van der Waals surface area contributed by atoms with Crippen LogP contribution in [0.1, 0.15) is 11.3 Å². The lowest BCUT2D eigenvalue weighted by Crippen LogP contribution is -2.21. The normalized spacial score (nSPS) is 10.5. The Balaban J connectivity index is 1.71. The van der Waals surface area contributed by atoms with Gasteiger partial charge in [0.25, 0.3) is 0 Å². The molecule has 3 aromatic rings. The van der Waals surface area contributed by atoms with Crippen molar-refractivity contribution in [1.82, 2.24) is 10.3 Å². The van der Waals surface area contributed by atoms with Crippen molar-refractivity contribution in [3.63, 3.8) is 0 Å². The number of thiocarbonyl (C=S) groups is 1. The predicted octanol–water partition coefficient (Wildman–Crippen LogP) is 3.63. The van der Waals surface area contributed by atoms with Gasteiger partial charge in [-0.2, -0.15) is 0 Å². The number of H-pyrrole nitrogens is 1. The molecule has 19 heavy (non-hydrogen) atoms. The first kappa shape index (κ1) is 11.9. The minimum Gasteiger partial charge on any atom is -0.370 e. The van der Waals surface area contributed by atoms with E-state index in [1.807, 2.05) is 42.5 Å². The molecular weight excluding hydrogens is 252 g/mol. The van der Waals surface area contributed by atoms with Crippen LogP contribution in [0, 0.1) is 0 Å². The first-order valence-corrected chi connectivity index (χ1v) is 6.63. The molecule has 0 atom stereocenters. The molecule has 0 spiro atoms. The van der Waals surface area contributed by atoms with Crippen LogP contribution >= 0.6 is 12.2 Å². The number of fused-ring (bicyclic) bond motifs is 1. The molecule has 0 bridgehead atoms. The molecule has 0 amide bonds. The van der Waals surface area contributed by atoms with Crippen LogP contribution in [-0.4, -0.2) is 9.97 Å². The van der Waals surface area contributed by atoms with E-state index >= 15 is 0 Å². The number of nitrogens with one attached hydrogen (secondary N) is 2.